The molecule has 4 rings (SSSR count). The molecule has 2 heterocycles. The summed E-state index contributed by atoms with van der Waals surface area (Å²) in [5.41, 5.74) is 2.95. The lowest BCUT2D eigenvalue weighted by Crippen LogP contribution is -2.10. The molecule has 124 valence electrons. The van der Waals surface area contributed by atoms with Crippen LogP contribution in [0.5, 0.6) is 11.8 Å². The number of nitrogens with zero attached hydrogens (tertiary/aromatic N) is 2. The number of H-pyrrole nitrogens is 2. The van der Waals surface area contributed by atoms with Crippen LogP contribution in [0.4, 0.5) is 0 Å². The van der Waals surface area contributed by atoms with Crippen LogP contribution >= 0.6 is 11.6 Å². The number of aromatic amines is 2. The topological polar surface area (TPSA) is 83.7 Å². The van der Waals surface area contributed by atoms with E-state index in [2.05, 4.69) is 20.2 Å². The Kier molecular flexibility index (Phi) is 3.74. The van der Waals surface area contributed by atoms with Crippen LogP contribution in [-0.2, 0) is 0 Å². The van der Waals surface area contributed by atoms with Crippen molar-refractivity contribution in [3.8, 4) is 22.9 Å². The second-order valence-electron chi connectivity index (χ2n) is 5.52. The predicted molar refractivity (Wildman–Crippen MR) is 96.2 cm³/mol. The van der Waals surface area contributed by atoms with Crippen LogP contribution in [-0.4, -0.2) is 20.2 Å². The van der Waals surface area contributed by atoms with Gasteiger partial charge in [-0.05, 0) is 30.2 Å². The van der Waals surface area contributed by atoms with Gasteiger partial charge in [-0.3, -0.25) is 14.9 Å². The maximum Gasteiger partial charge on any atom is 0.302 e. The van der Waals surface area contributed by atoms with Gasteiger partial charge in [-0.1, -0.05) is 35.9 Å². The molecule has 0 aliphatic heterocycles. The molecule has 25 heavy (non-hydrogen) atoms. The molecule has 0 fully saturated rings. The standard InChI is InChI=1S/C18H13ClN4O2/c1-10-12(4-3-7-15(10)19)13-5-2-6-14-16(13)22-18(23-17(14)24)25-11-8-20-21-9-11/h2-9H,1H3,(H,20,21)(H,22,23,24). The van der Waals surface area contributed by atoms with Crippen molar-refractivity contribution < 1.29 is 4.74 Å². The van der Waals surface area contributed by atoms with Crippen LogP contribution in [0, 0.1) is 6.92 Å². The number of hydrogen-bond donors (Lipinski definition) is 2. The molecule has 0 atom stereocenters. The molecule has 2 N–H and O–H groups in total. The Morgan fingerprint density at radius 1 is 1.12 bits per heavy atom. The summed E-state index contributed by atoms with van der Waals surface area (Å²) < 4.78 is 5.57. The Morgan fingerprint density at radius 2 is 1.92 bits per heavy atom. The summed E-state index contributed by atoms with van der Waals surface area (Å²) in [6, 6.07) is 11.2. The number of para-hydroxylation sites is 1. The van der Waals surface area contributed by atoms with Gasteiger partial charge in [0.1, 0.15) is 0 Å². The van der Waals surface area contributed by atoms with Gasteiger partial charge >= 0.3 is 6.01 Å². The van der Waals surface area contributed by atoms with Crippen molar-refractivity contribution in [2.24, 2.45) is 0 Å². The summed E-state index contributed by atoms with van der Waals surface area (Å²) in [5, 5.41) is 7.59. The summed E-state index contributed by atoms with van der Waals surface area (Å²) >= 11 is 6.25. The molecule has 0 unspecified atom stereocenters. The first-order valence-corrected chi connectivity index (χ1v) is 7.96. The summed E-state index contributed by atoms with van der Waals surface area (Å²) in [7, 11) is 0. The number of ether oxygens (including phenoxy) is 1. The third-order valence-electron chi connectivity index (χ3n) is 3.96. The molecule has 4 aromatic rings. The number of hydrogen-bond acceptors (Lipinski definition) is 4. The highest BCUT2D eigenvalue weighted by Crippen LogP contribution is 2.32. The van der Waals surface area contributed by atoms with E-state index in [1.165, 1.54) is 6.20 Å². The van der Waals surface area contributed by atoms with E-state index in [1.54, 1.807) is 12.3 Å². The van der Waals surface area contributed by atoms with Crippen LogP contribution in [0.2, 0.25) is 5.02 Å². The van der Waals surface area contributed by atoms with Crippen molar-refractivity contribution >= 4 is 22.5 Å². The van der Waals surface area contributed by atoms with E-state index in [1.807, 2.05) is 37.3 Å². The average molecular weight is 353 g/mol. The van der Waals surface area contributed by atoms with E-state index in [0.29, 0.717) is 21.7 Å². The van der Waals surface area contributed by atoms with Gasteiger partial charge in [0.05, 0.1) is 23.3 Å². The van der Waals surface area contributed by atoms with Gasteiger partial charge < -0.3 is 4.74 Å². The Bertz CT molecular complexity index is 1120. The maximum atomic E-state index is 12.4. The quantitative estimate of drug-likeness (QED) is 0.582. The largest absolute Gasteiger partial charge is 0.422 e. The molecule has 0 saturated carbocycles. The number of rotatable bonds is 3. The fraction of sp³-hybridized carbons (Fsp3) is 0.0556. The molecule has 0 amide bonds. The highest BCUT2D eigenvalue weighted by molar-refractivity contribution is 6.31. The minimum Gasteiger partial charge on any atom is -0.422 e. The third-order valence-corrected chi connectivity index (χ3v) is 4.37. The smallest absolute Gasteiger partial charge is 0.302 e. The zero-order valence-electron chi connectivity index (χ0n) is 13.2. The van der Waals surface area contributed by atoms with Crippen molar-refractivity contribution in [2.75, 3.05) is 0 Å². The lowest BCUT2D eigenvalue weighted by atomic mass is 9.98. The molecule has 7 heteroatoms. The van der Waals surface area contributed by atoms with E-state index in [9.17, 15) is 4.79 Å². The fourth-order valence-corrected chi connectivity index (χ4v) is 2.89. The highest BCUT2D eigenvalue weighted by atomic mass is 35.5. The van der Waals surface area contributed by atoms with Gasteiger partial charge in [0, 0.05) is 10.6 Å². The van der Waals surface area contributed by atoms with Gasteiger partial charge in [0.25, 0.3) is 5.56 Å². The lowest BCUT2D eigenvalue weighted by molar-refractivity contribution is 0.443. The number of benzene rings is 2. The molecule has 2 aromatic heterocycles. The predicted octanol–water partition coefficient (Wildman–Crippen LogP) is 4.07. The Labute approximate surface area is 147 Å². The van der Waals surface area contributed by atoms with Crippen LogP contribution in [0.1, 0.15) is 5.56 Å². The van der Waals surface area contributed by atoms with Crippen LogP contribution in [0.15, 0.2) is 53.6 Å². The molecule has 0 bridgehead atoms. The summed E-state index contributed by atoms with van der Waals surface area (Å²) in [6.45, 7) is 1.94. The SMILES string of the molecule is Cc1c(Cl)cccc1-c1cccc2c(=O)[nH]c(Oc3cn[nH]c3)nc12. The summed E-state index contributed by atoms with van der Waals surface area (Å²) in [4.78, 5) is 19.6. The summed E-state index contributed by atoms with van der Waals surface area (Å²) in [5.74, 6) is 0.457. The van der Waals surface area contributed by atoms with E-state index in [4.69, 9.17) is 16.3 Å². The molecular formula is C18H13ClN4O2. The molecular weight excluding hydrogens is 340 g/mol. The molecule has 6 nitrogen and oxygen atoms in total. The van der Waals surface area contributed by atoms with Crippen molar-refractivity contribution in [1.82, 2.24) is 20.2 Å². The first-order valence-electron chi connectivity index (χ1n) is 7.58. The molecule has 0 aliphatic carbocycles. The number of halogens is 1. The van der Waals surface area contributed by atoms with Crippen LogP contribution in [0.25, 0.3) is 22.0 Å². The molecule has 0 spiro atoms. The van der Waals surface area contributed by atoms with E-state index in [-0.39, 0.29) is 11.6 Å². The number of aromatic nitrogens is 4. The van der Waals surface area contributed by atoms with E-state index in [0.717, 1.165) is 16.7 Å². The summed E-state index contributed by atoms with van der Waals surface area (Å²) in [6.07, 6.45) is 3.06. The zero-order valence-corrected chi connectivity index (χ0v) is 14.0. The fourth-order valence-electron chi connectivity index (χ4n) is 2.71. The third kappa shape index (κ3) is 2.77. The minimum absolute atomic E-state index is 0.103. The van der Waals surface area contributed by atoms with Gasteiger partial charge in [0.15, 0.2) is 5.75 Å². The minimum atomic E-state index is -0.273. The number of nitrogens with one attached hydrogen (secondary N) is 2. The van der Waals surface area contributed by atoms with Crippen molar-refractivity contribution in [3.63, 3.8) is 0 Å². The average Bonchev–Trinajstić information content (AvgIpc) is 3.10. The van der Waals surface area contributed by atoms with E-state index < -0.39 is 0 Å². The van der Waals surface area contributed by atoms with Gasteiger partial charge in [-0.15, -0.1) is 0 Å². The second-order valence-corrected chi connectivity index (χ2v) is 5.93. The van der Waals surface area contributed by atoms with Crippen molar-refractivity contribution in [2.45, 2.75) is 6.92 Å². The highest BCUT2D eigenvalue weighted by Gasteiger charge is 2.13. The van der Waals surface area contributed by atoms with Gasteiger partial charge in [-0.2, -0.15) is 10.1 Å². The molecule has 0 radical (unpaired) electrons. The molecule has 0 saturated heterocycles. The van der Waals surface area contributed by atoms with E-state index >= 15 is 0 Å². The second kappa shape index (κ2) is 6.07. The Balaban J connectivity index is 1.94. The van der Waals surface area contributed by atoms with Crippen molar-refractivity contribution in [3.05, 3.63) is 69.7 Å². The number of fused-ring (bicyclic) bond motifs is 1. The Hall–Kier alpha value is -3.12. The van der Waals surface area contributed by atoms with Crippen molar-refractivity contribution in [1.29, 1.82) is 0 Å². The Morgan fingerprint density at radius 3 is 2.72 bits per heavy atom. The lowest BCUT2D eigenvalue weighted by Gasteiger charge is -2.11. The zero-order chi connectivity index (χ0) is 17.4. The first kappa shape index (κ1) is 15.4. The maximum absolute atomic E-state index is 12.4. The molecule has 0 aliphatic rings. The first-order chi connectivity index (χ1) is 12.1. The van der Waals surface area contributed by atoms with Crippen LogP contribution < -0.4 is 10.3 Å². The molecule has 2 aromatic carbocycles. The monoisotopic (exact) mass is 352 g/mol. The van der Waals surface area contributed by atoms with Gasteiger partial charge in [-0.25, -0.2) is 0 Å². The van der Waals surface area contributed by atoms with Gasteiger partial charge in [0.2, 0.25) is 0 Å². The van der Waals surface area contributed by atoms with Crippen LogP contribution in [0.3, 0.4) is 0 Å². The normalized spacial score (nSPS) is 11.0.